The Labute approximate surface area is 299 Å². The van der Waals surface area contributed by atoms with Crippen molar-refractivity contribution >= 4 is 32.3 Å². The first-order valence-electron chi connectivity index (χ1n) is 17.7. The standard InChI is InChI=1S/C42H45N3O6/c1-37(2,3)40(13-10-16-43)46-31-19-25-26(20-32(31)47-40)28-22-34-36(51-42(49-34,15-12-18-45)39(7,8)9)24-30(28)29-23-35-33(21-27(25)29)48-41(50-35,14-11-17-44)38(4,5)6/h19-24H,10-15H2,1-9H3. The molecule has 0 saturated heterocycles. The monoisotopic (exact) mass is 687 g/mol. The third-order valence-corrected chi connectivity index (χ3v) is 10.9. The summed E-state index contributed by atoms with van der Waals surface area (Å²) in [5, 5.41) is 34.0. The van der Waals surface area contributed by atoms with Crippen LogP contribution >= 0.6 is 0 Å². The first-order valence-corrected chi connectivity index (χ1v) is 17.7. The molecule has 0 spiro atoms. The molecule has 0 aliphatic carbocycles. The molecule has 7 rings (SSSR count). The summed E-state index contributed by atoms with van der Waals surface area (Å²) < 4.78 is 40.1. The molecule has 0 aromatic heterocycles. The van der Waals surface area contributed by atoms with Crippen LogP contribution in [0.15, 0.2) is 36.4 Å². The summed E-state index contributed by atoms with van der Waals surface area (Å²) in [4.78, 5) is 0. The van der Waals surface area contributed by atoms with Crippen LogP contribution in [0, 0.1) is 50.2 Å². The molecule has 0 atom stereocenters. The van der Waals surface area contributed by atoms with Crippen LogP contribution in [0.3, 0.4) is 0 Å². The van der Waals surface area contributed by atoms with Gasteiger partial charge in [0.25, 0.3) is 17.4 Å². The Morgan fingerprint density at radius 1 is 0.392 bits per heavy atom. The first kappa shape index (κ1) is 34.4. The van der Waals surface area contributed by atoms with Crippen molar-refractivity contribution in [3.63, 3.8) is 0 Å². The molecule has 3 aliphatic heterocycles. The lowest BCUT2D eigenvalue weighted by Gasteiger charge is -2.38. The number of nitrogens with zero attached hydrogens (tertiary/aromatic N) is 3. The van der Waals surface area contributed by atoms with E-state index in [9.17, 15) is 15.8 Å². The van der Waals surface area contributed by atoms with Crippen LogP contribution < -0.4 is 28.4 Å². The van der Waals surface area contributed by atoms with Crippen LogP contribution in [-0.4, -0.2) is 17.4 Å². The molecule has 0 amide bonds. The fraction of sp³-hybridized carbons (Fsp3) is 0.500. The maximum Gasteiger partial charge on any atom is 0.257 e. The van der Waals surface area contributed by atoms with Gasteiger partial charge in [-0.15, -0.1) is 0 Å². The number of nitriles is 3. The highest BCUT2D eigenvalue weighted by Gasteiger charge is 2.54. The topological polar surface area (TPSA) is 127 Å². The zero-order chi connectivity index (χ0) is 36.8. The largest absolute Gasteiger partial charge is 0.448 e. The minimum Gasteiger partial charge on any atom is -0.448 e. The van der Waals surface area contributed by atoms with Crippen molar-refractivity contribution in [3.8, 4) is 52.7 Å². The summed E-state index contributed by atoms with van der Waals surface area (Å²) >= 11 is 0. The molecular weight excluding hydrogens is 642 g/mol. The fourth-order valence-corrected chi connectivity index (χ4v) is 7.63. The van der Waals surface area contributed by atoms with Crippen LogP contribution in [0.5, 0.6) is 34.5 Å². The van der Waals surface area contributed by atoms with E-state index in [1.54, 1.807) is 0 Å². The van der Waals surface area contributed by atoms with Gasteiger partial charge in [-0.1, -0.05) is 62.3 Å². The van der Waals surface area contributed by atoms with Gasteiger partial charge in [0.2, 0.25) is 0 Å². The number of hydrogen-bond acceptors (Lipinski definition) is 9. The molecule has 4 aromatic rings. The minimum absolute atomic E-state index is 0.284. The lowest BCUT2D eigenvalue weighted by molar-refractivity contribution is -0.162. The van der Waals surface area contributed by atoms with E-state index >= 15 is 0 Å². The zero-order valence-electron chi connectivity index (χ0n) is 31.0. The number of ether oxygens (including phenoxy) is 6. The maximum atomic E-state index is 9.50. The second-order valence-corrected chi connectivity index (χ2v) is 17.1. The summed E-state index contributed by atoms with van der Waals surface area (Å²) in [7, 11) is 0. The average molecular weight is 688 g/mol. The summed E-state index contributed by atoms with van der Waals surface area (Å²) in [6.45, 7) is 18.5. The zero-order valence-corrected chi connectivity index (χ0v) is 31.0. The van der Waals surface area contributed by atoms with Crippen molar-refractivity contribution in [2.24, 2.45) is 16.2 Å². The highest BCUT2D eigenvalue weighted by molar-refractivity contribution is 6.27. The lowest BCUT2D eigenvalue weighted by atomic mass is 9.82. The number of rotatable bonds is 6. The van der Waals surface area contributed by atoms with Crippen LogP contribution in [0.1, 0.15) is 101 Å². The van der Waals surface area contributed by atoms with Crippen LogP contribution in [0.25, 0.3) is 32.3 Å². The molecule has 0 saturated carbocycles. The van der Waals surface area contributed by atoms with Crippen molar-refractivity contribution in [1.29, 1.82) is 15.8 Å². The van der Waals surface area contributed by atoms with Gasteiger partial charge in [-0.05, 0) is 68.7 Å². The first-order chi connectivity index (χ1) is 23.9. The molecule has 0 bridgehead atoms. The second-order valence-electron chi connectivity index (χ2n) is 17.1. The van der Waals surface area contributed by atoms with Crippen LogP contribution in [0.4, 0.5) is 0 Å². The summed E-state index contributed by atoms with van der Waals surface area (Å²) in [6.07, 6.45) is 2.08. The fourth-order valence-electron chi connectivity index (χ4n) is 7.63. The molecule has 4 aromatic carbocycles. The predicted molar refractivity (Wildman–Crippen MR) is 194 cm³/mol. The summed E-state index contributed by atoms with van der Waals surface area (Å²) in [5.74, 6) is 0.573. The summed E-state index contributed by atoms with van der Waals surface area (Å²) in [5.41, 5.74) is -1.30. The molecule has 51 heavy (non-hydrogen) atoms. The highest BCUT2D eigenvalue weighted by atomic mass is 16.7. The molecule has 3 aliphatic rings. The van der Waals surface area contributed by atoms with E-state index in [4.69, 9.17) is 28.4 Å². The molecule has 0 fully saturated rings. The third-order valence-electron chi connectivity index (χ3n) is 10.9. The van der Waals surface area contributed by atoms with Crippen molar-refractivity contribution in [1.82, 2.24) is 0 Å². The Morgan fingerprint density at radius 2 is 0.569 bits per heavy atom. The Hall–Kier alpha value is -5.07. The molecule has 0 N–H and O–H groups in total. The van der Waals surface area contributed by atoms with E-state index < -0.39 is 33.6 Å². The third kappa shape index (κ3) is 5.14. The van der Waals surface area contributed by atoms with Gasteiger partial charge in [-0.2, -0.15) is 15.8 Å². The Bertz CT molecular complexity index is 1850. The van der Waals surface area contributed by atoms with Gasteiger partial charge >= 0.3 is 0 Å². The van der Waals surface area contributed by atoms with Crippen LogP contribution in [0.2, 0.25) is 0 Å². The number of benzene rings is 4. The van der Waals surface area contributed by atoms with E-state index in [0.717, 1.165) is 32.3 Å². The Balaban J connectivity index is 1.49. The van der Waals surface area contributed by atoms with Gasteiger partial charge in [-0.3, -0.25) is 0 Å². The van der Waals surface area contributed by atoms with Gasteiger partial charge in [-0.25, -0.2) is 0 Å². The number of hydrogen-bond donors (Lipinski definition) is 0. The van der Waals surface area contributed by atoms with Gasteiger partial charge in [0.15, 0.2) is 34.5 Å². The molecule has 264 valence electrons. The van der Waals surface area contributed by atoms with E-state index in [1.807, 2.05) is 36.4 Å². The summed E-state index contributed by atoms with van der Waals surface area (Å²) in [6, 6.07) is 18.9. The highest BCUT2D eigenvalue weighted by Crippen LogP contribution is 2.57. The quantitative estimate of drug-likeness (QED) is 0.182. The second kappa shape index (κ2) is 11.2. The van der Waals surface area contributed by atoms with Gasteiger partial charge in [0, 0.05) is 54.8 Å². The lowest BCUT2D eigenvalue weighted by Crippen LogP contribution is -2.50. The molecular formula is C42H45N3O6. The van der Waals surface area contributed by atoms with E-state index in [1.165, 1.54) is 0 Å². The average Bonchev–Trinajstić information content (AvgIpc) is 3.74. The van der Waals surface area contributed by atoms with Crippen molar-refractivity contribution in [3.05, 3.63) is 36.4 Å². The SMILES string of the molecule is CC(C)(C)C1(CCC#N)Oc2cc3c4cc5c(cc4c4cc6c(cc4c3cc2O1)OC(CCC#N)(C(C)(C)C)O6)OC(CCC#N)(C(C)(C)C)O5. The van der Waals surface area contributed by atoms with Gasteiger partial charge < -0.3 is 28.4 Å². The Kier molecular flexibility index (Phi) is 7.56. The predicted octanol–water partition coefficient (Wildman–Crippen LogP) is 10.6. The van der Waals surface area contributed by atoms with Gasteiger partial charge in [0.1, 0.15) is 0 Å². The van der Waals surface area contributed by atoms with Gasteiger partial charge in [0.05, 0.1) is 18.2 Å². The van der Waals surface area contributed by atoms with E-state index in [-0.39, 0.29) is 19.3 Å². The van der Waals surface area contributed by atoms with Crippen molar-refractivity contribution in [2.75, 3.05) is 0 Å². The normalized spacial score (nSPS) is 23.4. The van der Waals surface area contributed by atoms with E-state index in [0.29, 0.717) is 53.8 Å². The smallest absolute Gasteiger partial charge is 0.257 e. The molecule has 9 nitrogen and oxygen atoms in total. The van der Waals surface area contributed by atoms with Crippen LogP contribution in [-0.2, 0) is 0 Å². The molecule has 9 heteroatoms. The van der Waals surface area contributed by atoms with Crippen molar-refractivity contribution < 1.29 is 28.4 Å². The minimum atomic E-state index is -1.02. The molecule has 0 unspecified atom stereocenters. The number of fused-ring (bicyclic) bond motifs is 9. The Morgan fingerprint density at radius 3 is 0.706 bits per heavy atom. The molecule has 0 radical (unpaired) electrons. The molecule has 3 heterocycles. The van der Waals surface area contributed by atoms with E-state index in [2.05, 4.69) is 80.5 Å². The maximum absolute atomic E-state index is 9.50. The van der Waals surface area contributed by atoms with Crippen molar-refractivity contribution in [2.45, 2.75) is 118 Å².